The third-order valence-corrected chi connectivity index (χ3v) is 1.24. The van der Waals surface area contributed by atoms with Crippen LogP contribution in [0.3, 0.4) is 0 Å². The summed E-state index contributed by atoms with van der Waals surface area (Å²) in [6, 6.07) is 10.3. The van der Waals surface area contributed by atoms with Gasteiger partial charge in [-0.15, -0.1) is 0 Å². The van der Waals surface area contributed by atoms with E-state index in [4.69, 9.17) is 10.2 Å². The Balaban J connectivity index is 0.000000241. The Bertz CT molecular complexity index is 280. The van der Waals surface area contributed by atoms with E-state index in [9.17, 15) is 9.59 Å². The molecule has 1 rings (SSSR count). The molecule has 0 aliphatic carbocycles. The lowest BCUT2D eigenvalue weighted by atomic mass is 10.2. The van der Waals surface area contributed by atoms with Gasteiger partial charge in [-0.1, -0.05) is 35.9 Å². The predicted molar refractivity (Wildman–Crippen MR) is 51.1 cm³/mol. The zero-order valence-electron chi connectivity index (χ0n) is 7.80. The smallest absolute Gasteiger partial charge is 0.314 e. The highest BCUT2D eigenvalue weighted by molar-refractivity contribution is 5.88. The van der Waals surface area contributed by atoms with Crippen LogP contribution in [0.5, 0.6) is 0 Å². The molecule has 0 saturated carbocycles. The molecule has 0 aromatic heterocycles. The molecule has 4 heteroatoms. The minimum absolute atomic E-state index is 0.806. The maximum Gasteiger partial charge on any atom is 0.314 e. The van der Waals surface area contributed by atoms with Crippen LogP contribution in [0.15, 0.2) is 30.3 Å². The Morgan fingerprint density at radius 3 is 1.64 bits per heavy atom. The molecule has 1 aromatic rings. The van der Waals surface area contributed by atoms with Crippen LogP contribution in [0.1, 0.15) is 12.0 Å². The molecule has 0 atom stereocenters. The SMILES string of the molecule is Cc1ccccc1.O=C(O)CC(=O)O. The molecule has 0 heterocycles. The summed E-state index contributed by atoms with van der Waals surface area (Å²) in [6.07, 6.45) is -0.806. The Labute approximate surface area is 81.8 Å². The monoisotopic (exact) mass is 196 g/mol. The van der Waals surface area contributed by atoms with E-state index in [2.05, 4.69) is 19.1 Å². The number of carbonyl (C=O) groups is 2. The maximum atomic E-state index is 9.43. The van der Waals surface area contributed by atoms with Crippen molar-refractivity contribution in [2.45, 2.75) is 13.3 Å². The Hall–Kier alpha value is -1.84. The number of aryl methyl sites for hydroxylation is 1. The van der Waals surface area contributed by atoms with Gasteiger partial charge in [0.15, 0.2) is 0 Å². The summed E-state index contributed by atoms with van der Waals surface area (Å²) in [5, 5.41) is 15.4. The van der Waals surface area contributed by atoms with E-state index in [1.54, 1.807) is 0 Å². The van der Waals surface area contributed by atoms with Gasteiger partial charge in [0.05, 0.1) is 0 Å². The second-order valence-electron chi connectivity index (χ2n) is 2.62. The molecule has 0 spiro atoms. The third kappa shape index (κ3) is 8.26. The number of aliphatic carboxylic acids is 2. The molecular weight excluding hydrogens is 184 g/mol. The lowest BCUT2D eigenvalue weighted by Gasteiger charge is -1.82. The highest BCUT2D eigenvalue weighted by Crippen LogP contribution is 1.92. The molecule has 0 saturated heterocycles. The van der Waals surface area contributed by atoms with Crippen LogP contribution in [0.4, 0.5) is 0 Å². The molecule has 1 aromatic carbocycles. The number of hydrogen-bond acceptors (Lipinski definition) is 2. The van der Waals surface area contributed by atoms with Gasteiger partial charge < -0.3 is 10.2 Å². The minimum Gasteiger partial charge on any atom is -0.481 e. The second-order valence-corrected chi connectivity index (χ2v) is 2.62. The first-order valence-electron chi connectivity index (χ1n) is 3.97. The van der Waals surface area contributed by atoms with Gasteiger partial charge in [0, 0.05) is 0 Å². The molecule has 0 aliphatic heterocycles. The number of rotatable bonds is 2. The molecule has 0 fully saturated rings. The average Bonchev–Trinajstić information content (AvgIpc) is 2.03. The summed E-state index contributed by atoms with van der Waals surface area (Å²) in [5.74, 6) is -2.62. The minimum atomic E-state index is -1.31. The number of hydrogen-bond donors (Lipinski definition) is 2. The van der Waals surface area contributed by atoms with Gasteiger partial charge in [0.2, 0.25) is 0 Å². The highest BCUT2D eigenvalue weighted by atomic mass is 16.4. The van der Waals surface area contributed by atoms with Crippen molar-refractivity contribution in [3.05, 3.63) is 35.9 Å². The number of carboxylic acids is 2. The third-order valence-electron chi connectivity index (χ3n) is 1.24. The van der Waals surface area contributed by atoms with Gasteiger partial charge in [-0.05, 0) is 6.92 Å². The second kappa shape index (κ2) is 6.65. The van der Waals surface area contributed by atoms with E-state index in [1.807, 2.05) is 18.2 Å². The largest absolute Gasteiger partial charge is 0.481 e. The maximum absolute atomic E-state index is 9.43. The Kier molecular flexibility index (Phi) is 5.78. The predicted octanol–water partition coefficient (Wildman–Crippen LogP) is 1.54. The Morgan fingerprint density at radius 2 is 1.50 bits per heavy atom. The summed E-state index contributed by atoms with van der Waals surface area (Å²) in [7, 11) is 0. The van der Waals surface area contributed by atoms with Crippen molar-refractivity contribution in [1.29, 1.82) is 0 Å². The molecule has 76 valence electrons. The Morgan fingerprint density at radius 1 is 1.07 bits per heavy atom. The molecule has 0 bridgehead atoms. The summed E-state index contributed by atoms with van der Waals surface area (Å²) in [6.45, 7) is 2.08. The van der Waals surface area contributed by atoms with Crippen LogP contribution < -0.4 is 0 Å². The van der Waals surface area contributed by atoms with Crippen LogP contribution in [0.2, 0.25) is 0 Å². The van der Waals surface area contributed by atoms with E-state index in [1.165, 1.54) is 5.56 Å². The quantitative estimate of drug-likeness (QED) is 0.703. The summed E-state index contributed by atoms with van der Waals surface area (Å²) in [5.41, 5.74) is 1.32. The molecule has 2 N–H and O–H groups in total. The summed E-state index contributed by atoms with van der Waals surface area (Å²) < 4.78 is 0. The van der Waals surface area contributed by atoms with Crippen LogP contribution in [0, 0.1) is 6.92 Å². The topological polar surface area (TPSA) is 74.6 Å². The average molecular weight is 196 g/mol. The van der Waals surface area contributed by atoms with Gasteiger partial charge in [-0.2, -0.15) is 0 Å². The van der Waals surface area contributed by atoms with E-state index >= 15 is 0 Å². The number of benzene rings is 1. The fraction of sp³-hybridized carbons (Fsp3) is 0.200. The first-order valence-corrected chi connectivity index (χ1v) is 3.97. The van der Waals surface area contributed by atoms with Crippen molar-refractivity contribution in [3.8, 4) is 0 Å². The normalized spacial score (nSPS) is 8.36. The molecule has 14 heavy (non-hydrogen) atoms. The number of carboxylic acid groups (broad SMARTS) is 2. The van der Waals surface area contributed by atoms with Crippen molar-refractivity contribution in [3.63, 3.8) is 0 Å². The fourth-order valence-corrected chi connectivity index (χ4v) is 0.664. The lowest BCUT2D eigenvalue weighted by molar-refractivity contribution is -0.147. The molecular formula is C10H12O4. The van der Waals surface area contributed by atoms with E-state index in [-0.39, 0.29) is 0 Å². The molecule has 0 unspecified atom stereocenters. The van der Waals surface area contributed by atoms with Crippen molar-refractivity contribution in [2.24, 2.45) is 0 Å². The van der Waals surface area contributed by atoms with Gasteiger partial charge in [0.1, 0.15) is 6.42 Å². The van der Waals surface area contributed by atoms with Gasteiger partial charge in [-0.25, -0.2) is 0 Å². The standard InChI is InChI=1S/C7H8.C3H4O4/c1-7-5-3-2-4-6-7;4-2(5)1-3(6)7/h2-6H,1H3;1H2,(H,4,5)(H,6,7). The first kappa shape index (κ1) is 12.2. The van der Waals surface area contributed by atoms with Gasteiger partial charge in [0.25, 0.3) is 0 Å². The van der Waals surface area contributed by atoms with E-state index < -0.39 is 18.4 Å². The molecule has 0 radical (unpaired) electrons. The lowest BCUT2D eigenvalue weighted by Crippen LogP contribution is -2.03. The van der Waals surface area contributed by atoms with Gasteiger partial charge in [-0.3, -0.25) is 9.59 Å². The van der Waals surface area contributed by atoms with Crippen molar-refractivity contribution in [1.82, 2.24) is 0 Å². The van der Waals surface area contributed by atoms with Crippen LogP contribution >= 0.6 is 0 Å². The van der Waals surface area contributed by atoms with Crippen LogP contribution in [-0.2, 0) is 9.59 Å². The fourth-order valence-electron chi connectivity index (χ4n) is 0.664. The molecule has 4 nitrogen and oxygen atoms in total. The molecule has 0 aliphatic rings. The van der Waals surface area contributed by atoms with Crippen molar-refractivity contribution < 1.29 is 19.8 Å². The zero-order valence-corrected chi connectivity index (χ0v) is 7.80. The highest BCUT2D eigenvalue weighted by Gasteiger charge is 2.01. The summed E-state index contributed by atoms with van der Waals surface area (Å²) >= 11 is 0. The molecule has 0 amide bonds. The van der Waals surface area contributed by atoms with E-state index in [0.717, 1.165) is 0 Å². The zero-order chi connectivity index (χ0) is 11.0. The van der Waals surface area contributed by atoms with Gasteiger partial charge >= 0.3 is 11.9 Å². The first-order chi connectivity index (χ1) is 6.52. The van der Waals surface area contributed by atoms with E-state index in [0.29, 0.717) is 0 Å². The van der Waals surface area contributed by atoms with Crippen molar-refractivity contribution >= 4 is 11.9 Å². The summed E-state index contributed by atoms with van der Waals surface area (Å²) in [4.78, 5) is 18.9. The van der Waals surface area contributed by atoms with Crippen molar-refractivity contribution in [2.75, 3.05) is 0 Å². The van der Waals surface area contributed by atoms with Crippen LogP contribution in [0.25, 0.3) is 0 Å². The van der Waals surface area contributed by atoms with Crippen LogP contribution in [-0.4, -0.2) is 22.2 Å².